The number of rotatable bonds is 5. The largest absolute Gasteiger partial charge is 0.508 e. The Morgan fingerprint density at radius 3 is 2.46 bits per heavy atom. The Morgan fingerprint density at radius 1 is 1.12 bits per heavy atom. The molecule has 1 atom stereocenters. The number of benzene rings is 2. The Kier molecular flexibility index (Phi) is 4.97. The van der Waals surface area contributed by atoms with Crippen molar-refractivity contribution in [2.75, 3.05) is 0 Å². The molecular weight excluding hydrogens is 339 g/mol. The molecule has 0 spiro atoms. The molecule has 1 heterocycles. The molecule has 2 aromatic rings. The van der Waals surface area contributed by atoms with Gasteiger partial charge in [-0.2, -0.15) is 5.10 Å². The highest BCUT2D eigenvalue weighted by molar-refractivity contribution is 6.03. The highest BCUT2D eigenvalue weighted by Crippen LogP contribution is 2.37. The minimum absolute atomic E-state index is 0.0316. The van der Waals surface area contributed by atoms with Crippen LogP contribution >= 0.6 is 0 Å². The lowest BCUT2D eigenvalue weighted by molar-refractivity contribution is -0.141. The summed E-state index contributed by atoms with van der Waals surface area (Å²) < 4.78 is 13.2. The maximum atomic E-state index is 13.2. The van der Waals surface area contributed by atoms with E-state index in [1.807, 2.05) is 0 Å². The molecule has 0 saturated heterocycles. The predicted molar refractivity (Wildman–Crippen MR) is 92.1 cm³/mol. The van der Waals surface area contributed by atoms with E-state index >= 15 is 0 Å². The number of amides is 1. The van der Waals surface area contributed by atoms with Gasteiger partial charge in [-0.3, -0.25) is 9.59 Å². The Bertz CT molecular complexity index is 864. The SMILES string of the molecule is O=C(O)CCC(=O)N1N=C(c2ccc(F)cc2)C[C@H]1c1ccccc1O. The minimum atomic E-state index is -1.07. The molecule has 0 bridgehead atoms. The van der Waals surface area contributed by atoms with E-state index in [2.05, 4.69) is 5.10 Å². The first kappa shape index (κ1) is 17.6. The second kappa shape index (κ2) is 7.35. The average Bonchev–Trinajstić information content (AvgIpc) is 3.06. The van der Waals surface area contributed by atoms with Crippen molar-refractivity contribution in [3.05, 3.63) is 65.5 Å². The van der Waals surface area contributed by atoms with Gasteiger partial charge in [0, 0.05) is 18.4 Å². The van der Waals surface area contributed by atoms with Crippen LogP contribution in [0.1, 0.15) is 36.4 Å². The van der Waals surface area contributed by atoms with Gasteiger partial charge in [-0.1, -0.05) is 30.3 Å². The van der Waals surface area contributed by atoms with E-state index in [9.17, 15) is 19.1 Å². The summed E-state index contributed by atoms with van der Waals surface area (Å²) in [5.74, 6) is -1.86. The number of halogens is 1. The fourth-order valence-corrected chi connectivity index (χ4v) is 2.90. The van der Waals surface area contributed by atoms with Crippen molar-refractivity contribution < 1.29 is 24.2 Å². The van der Waals surface area contributed by atoms with Gasteiger partial charge < -0.3 is 10.2 Å². The number of nitrogens with zero attached hydrogens (tertiary/aromatic N) is 2. The smallest absolute Gasteiger partial charge is 0.303 e. The van der Waals surface area contributed by atoms with Gasteiger partial charge in [0.25, 0.3) is 0 Å². The minimum Gasteiger partial charge on any atom is -0.508 e. The molecule has 0 saturated carbocycles. The maximum Gasteiger partial charge on any atom is 0.303 e. The number of hydrogen-bond donors (Lipinski definition) is 2. The third-order valence-electron chi connectivity index (χ3n) is 4.19. The molecule has 0 radical (unpaired) electrons. The van der Waals surface area contributed by atoms with Crippen molar-refractivity contribution in [3.63, 3.8) is 0 Å². The normalized spacial score (nSPS) is 16.4. The number of hydrogen-bond acceptors (Lipinski definition) is 4. The molecule has 0 unspecified atom stereocenters. The van der Waals surface area contributed by atoms with Gasteiger partial charge >= 0.3 is 5.97 Å². The van der Waals surface area contributed by atoms with E-state index in [0.29, 0.717) is 23.3 Å². The summed E-state index contributed by atoms with van der Waals surface area (Å²) >= 11 is 0. The second-order valence-electron chi connectivity index (χ2n) is 5.96. The third-order valence-corrected chi connectivity index (χ3v) is 4.19. The molecule has 3 rings (SSSR count). The zero-order valence-corrected chi connectivity index (χ0v) is 13.8. The summed E-state index contributed by atoms with van der Waals surface area (Å²) in [6.07, 6.45) is -0.161. The van der Waals surface area contributed by atoms with Crippen LogP contribution < -0.4 is 0 Å². The summed E-state index contributed by atoms with van der Waals surface area (Å²) in [4.78, 5) is 23.2. The van der Waals surface area contributed by atoms with Crippen molar-refractivity contribution in [3.8, 4) is 5.75 Å². The van der Waals surface area contributed by atoms with Crippen molar-refractivity contribution in [2.45, 2.75) is 25.3 Å². The molecule has 6 nitrogen and oxygen atoms in total. The Labute approximate surface area is 149 Å². The summed E-state index contributed by atoms with van der Waals surface area (Å²) in [6.45, 7) is 0. The van der Waals surface area contributed by atoms with Crippen LogP contribution in [0.15, 0.2) is 53.6 Å². The van der Waals surface area contributed by atoms with Gasteiger partial charge in [0.1, 0.15) is 11.6 Å². The molecule has 2 N–H and O–H groups in total. The van der Waals surface area contributed by atoms with Crippen LogP contribution in [0.3, 0.4) is 0 Å². The topological polar surface area (TPSA) is 90.2 Å². The molecule has 1 amide bonds. The van der Waals surface area contributed by atoms with Crippen LogP contribution in [-0.4, -0.2) is 32.8 Å². The summed E-state index contributed by atoms with van der Waals surface area (Å²) in [6, 6.07) is 11.8. The first-order valence-corrected chi connectivity index (χ1v) is 8.11. The summed E-state index contributed by atoms with van der Waals surface area (Å²) in [7, 11) is 0. The van der Waals surface area contributed by atoms with Crippen molar-refractivity contribution in [1.29, 1.82) is 0 Å². The number of carbonyl (C=O) groups excluding carboxylic acids is 1. The van der Waals surface area contributed by atoms with Crippen molar-refractivity contribution in [1.82, 2.24) is 5.01 Å². The molecule has 1 aliphatic rings. The number of aliphatic carboxylic acids is 1. The summed E-state index contributed by atoms with van der Waals surface area (Å²) in [5, 5.41) is 24.5. The zero-order chi connectivity index (χ0) is 18.7. The molecule has 26 heavy (non-hydrogen) atoms. The molecule has 7 heteroatoms. The van der Waals surface area contributed by atoms with Crippen molar-refractivity contribution in [2.24, 2.45) is 5.10 Å². The van der Waals surface area contributed by atoms with Crippen molar-refractivity contribution >= 4 is 17.6 Å². The van der Waals surface area contributed by atoms with E-state index in [-0.39, 0.29) is 24.4 Å². The Hall–Kier alpha value is -3.22. The number of hydrazone groups is 1. The lowest BCUT2D eigenvalue weighted by Crippen LogP contribution is -2.27. The predicted octanol–water partition coefficient (Wildman–Crippen LogP) is 3.07. The van der Waals surface area contributed by atoms with Gasteiger partial charge in [-0.15, -0.1) is 0 Å². The average molecular weight is 356 g/mol. The van der Waals surface area contributed by atoms with Crippen LogP contribution in [0.5, 0.6) is 5.75 Å². The number of phenols is 1. The van der Waals surface area contributed by atoms with Crippen LogP contribution in [0.25, 0.3) is 0 Å². The van der Waals surface area contributed by atoms with Crippen LogP contribution in [0.2, 0.25) is 0 Å². The van der Waals surface area contributed by atoms with Crippen LogP contribution in [-0.2, 0) is 9.59 Å². The standard InChI is InChI=1S/C19H17FN2O4/c20-13-7-5-12(6-8-13)15-11-16(14-3-1-2-4-17(14)23)22(21-15)18(24)9-10-19(25)26/h1-8,16,23H,9-11H2,(H,25,26)/t16-/m0/s1. The second-order valence-corrected chi connectivity index (χ2v) is 5.96. The van der Waals surface area contributed by atoms with E-state index in [1.54, 1.807) is 30.3 Å². The van der Waals surface area contributed by atoms with Gasteiger partial charge in [-0.25, -0.2) is 9.40 Å². The van der Waals surface area contributed by atoms with E-state index in [1.165, 1.54) is 23.2 Å². The molecule has 0 fully saturated rings. The van der Waals surface area contributed by atoms with E-state index < -0.39 is 17.9 Å². The maximum absolute atomic E-state index is 13.2. The number of para-hydroxylation sites is 1. The lowest BCUT2D eigenvalue weighted by Gasteiger charge is -2.22. The molecule has 0 aromatic heterocycles. The van der Waals surface area contributed by atoms with Gasteiger partial charge in [0.2, 0.25) is 5.91 Å². The lowest BCUT2D eigenvalue weighted by atomic mass is 9.97. The number of carbonyl (C=O) groups is 2. The van der Waals surface area contributed by atoms with Crippen LogP contribution in [0, 0.1) is 5.82 Å². The highest BCUT2D eigenvalue weighted by atomic mass is 19.1. The molecule has 1 aliphatic heterocycles. The Morgan fingerprint density at radius 2 is 1.81 bits per heavy atom. The van der Waals surface area contributed by atoms with Gasteiger partial charge in [0.15, 0.2) is 0 Å². The number of aromatic hydroxyl groups is 1. The van der Waals surface area contributed by atoms with Crippen LogP contribution in [0.4, 0.5) is 4.39 Å². The summed E-state index contributed by atoms with van der Waals surface area (Å²) in [5.41, 5.74) is 1.76. The zero-order valence-electron chi connectivity index (χ0n) is 13.8. The van der Waals surface area contributed by atoms with Gasteiger partial charge in [-0.05, 0) is 23.8 Å². The third kappa shape index (κ3) is 3.72. The molecule has 134 valence electrons. The monoisotopic (exact) mass is 356 g/mol. The van der Waals surface area contributed by atoms with E-state index in [0.717, 1.165) is 0 Å². The van der Waals surface area contributed by atoms with E-state index in [4.69, 9.17) is 5.11 Å². The first-order chi connectivity index (χ1) is 12.5. The number of carboxylic acids is 1. The molecule has 2 aromatic carbocycles. The first-order valence-electron chi connectivity index (χ1n) is 8.11. The fraction of sp³-hybridized carbons (Fsp3) is 0.211. The highest BCUT2D eigenvalue weighted by Gasteiger charge is 2.34. The Balaban J connectivity index is 1.93. The number of phenolic OH excluding ortho intramolecular Hbond substituents is 1. The fourth-order valence-electron chi connectivity index (χ4n) is 2.90. The molecular formula is C19H17FN2O4. The quantitative estimate of drug-likeness (QED) is 0.861. The molecule has 0 aliphatic carbocycles. The van der Waals surface area contributed by atoms with Gasteiger partial charge in [0.05, 0.1) is 18.2 Å². The number of carboxylic acid groups (broad SMARTS) is 1.